The van der Waals surface area contributed by atoms with Crippen molar-refractivity contribution in [2.45, 2.75) is 25.6 Å². The van der Waals surface area contributed by atoms with E-state index in [0.29, 0.717) is 6.54 Å². The fraction of sp³-hybridized carbons (Fsp3) is 0.583. The summed E-state index contributed by atoms with van der Waals surface area (Å²) < 4.78 is 0. The summed E-state index contributed by atoms with van der Waals surface area (Å²) in [4.78, 5) is 6.84. The molecular weight excluding hydrogens is 218 g/mol. The van der Waals surface area contributed by atoms with E-state index in [1.165, 1.54) is 17.9 Å². The van der Waals surface area contributed by atoms with Crippen LogP contribution >= 0.6 is 11.8 Å². The number of hydrogen-bond acceptors (Lipinski definition) is 4. The summed E-state index contributed by atoms with van der Waals surface area (Å²) in [5, 5.41) is 0. The van der Waals surface area contributed by atoms with Crippen LogP contribution in [0.3, 0.4) is 0 Å². The van der Waals surface area contributed by atoms with Crippen LogP contribution in [0.25, 0.3) is 0 Å². The zero-order chi connectivity index (χ0) is 11.4. The molecule has 4 heteroatoms. The van der Waals surface area contributed by atoms with E-state index < -0.39 is 0 Å². The fourth-order valence-electron chi connectivity index (χ4n) is 1.92. The summed E-state index contributed by atoms with van der Waals surface area (Å²) in [5.74, 6) is 2.56. The lowest BCUT2D eigenvalue weighted by Crippen LogP contribution is -2.31. The highest BCUT2D eigenvalue weighted by Gasteiger charge is 2.19. The third kappa shape index (κ3) is 2.97. The summed E-state index contributed by atoms with van der Waals surface area (Å²) in [5.41, 5.74) is 7.78. The molecule has 1 fully saturated rings. The minimum absolute atomic E-state index is 0.572. The SMILES string of the molecule is CN(Cc1ccc(CN)cn1)C1CCSC1. The molecule has 2 rings (SSSR count). The van der Waals surface area contributed by atoms with E-state index in [1.807, 2.05) is 18.0 Å². The molecule has 2 heterocycles. The maximum absolute atomic E-state index is 5.55. The Morgan fingerprint density at radius 2 is 2.44 bits per heavy atom. The maximum Gasteiger partial charge on any atom is 0.0544 e. The fourth-order valence-corrected chi connectivity index (χ4v) is 3.22. The average Bonchev–Trinajstić information content (AvgIpc) is 2.83. The number of hydrogen-bond donors (Lipinski definition) is 1. The maximum atomic E-state index is 5.55. The third-order valence-corrected chi connectivity index (χ3v) is 4.21. The molecule has 1 atom stereocenters. The van der Waals surface area contributed by atoms with E-state index in [-0.39, 0.29) is 0 Å². The second-order valence-corrected chi connectivity index (χ2v) is 5.44. The van der Waals surface area contributed by atoms with Gasteiger partial charge in [-0.1, -0.05) is 6.07 Å². The first-order valence-corrected chi connectivity index (χ1v) is 6.87. The topological polar surface area (TPSA) is 42.1 Å². The predicted molar refractivity (Wildman–Crippen MR) is 69.3 cm³/mol. The average molecular weight is 237 g/mol. The molecule has 1 aliphatic rings. The number of nitrogens with zero attached hydrogens (tertiary/aromatic N) is 2. The summed E-state index contributed by atoms with van der Waals surface area (Å²) in [7, 11) is 2.19. The van der Waals surface area contributed by atoms with Crippen LogP contribution in [0.1, 0.15) is 17.7 Å². The van der Waals surface area contributed by atoms with Crippen molar-refractivity contribution < 1.29 is 0 Å². The molecular formula is C12H19N3S. The predicted octanol–water partition coefficient (Wildman–Crippen LogP) is 1.48. The monoisotopic (exact) mass is 237 g/mol. The third-order valence-electron chi connectivity index (χ3n) is 3.06. The Kier molecular flexibility index (Phi) is 4.21. The zero-order valence-electron chi connectivity index (χ0n) is 9.72. The molecule has 1 aliphatic heterocycles. The number of pyridine rings is 1. The molecule has 0 bridgehead atoms. The van der Waals surface area contributed by atoms with Crippen LogP contribution in [0.4, 0.5) is 0 Å². The lowest BCUT2D eigenvalue weighted by Gasteiger charge is -2.22. The minimum Gasteiger partial charge on any atom is -0.326 e. The first-order chi connectivity index (χ1) is 7.79. The molecule has 1 aromatic rings. The largest absolute Gasteiger partial charge is 0.326 e. The van der Waals surface area contributed by atoms with Gasteiger partial charge in [0.15, 0.2) is 0 Å². The number of aromatic nitrogens is 1. The zero-order valence-corrected chi connectivity index (χ0v) is 10.5. The van der Waals surface area contributed by atoms with Crippen LogP contribution in [0.2, 0.25) is 0 Å². The summed E-state index contributed by atoms with van der Waals surface area (Å²) in [6.07, 6.45) is 3.19. The van der Waals surface area contributed by atoms with Gasteiger partial charge in [-0.15, -0.1) is 0 Å². The van der Waals surface area contributed by atoms with Crippen LogP contribution in [0.15, 0.2) is 18.3 Å². The molecule has 0 aromatic carbocycles. The van der Waals surface area contributed by atoms with Crippen molar-refractivity contribution in [2.75, 3.05) is 18.6 Å². The van der Waals surface area contributed by atoms with Crippen molar-refractivity contribution in [3.63, 3.8) is 0 Å². The van der Waals surface area contributed by atoms with E-state index in [0.717, 1.165) is 23.8 Å². The number of nitrogens with two attached hydrogens (primary N) is 1. The van der Waals surface area contributed by atoms with E-state index in [4.69, 9.17) is 5.73 Å². The lowest BCUT2D eigenvalue weighted by atomic mass is 10.2. The summed E-state index contributed by atoms with van der Waals surface area (Å²) in [6.45, 7) is 1.51. The van der Waals surface area contributed by atoms with Gasteiger partial charge in [-0.25, -0.2) is 0 Å². The van der Waals surface area contributed by atoms with E-state index in [9.17, 15) is 0 Å². The second kappa shape index (κ2) is 5.66. The van der Waals surface area contributed by atoms with Gasteiger partial charge in [-0.05, 0) is 30.9 Å². The van der Waals surface area contributed by atoms with Crippen LogP contribution < -0.4 is 5.73 Å². The van der Waals surface area contributed by atoms with Crippen LogP contribution in [0, 0.1) is 0 Å². The smallest absolute Gasteiger partial charge is 0.0544 e. The molecule has 16 heavy (non-hydrogen) atoms. The molecule has 1 unspecified atom stereocenters. The molecule has 0 amide bonds. The lowest BCUT2D eigenvalue weighted by molar-refractivity contribution is 0.251. The highest BCUT2D eigenvalue weighted by molar-refractivity contribution is 7.99. The molecule has 1 saturated heterocycles. The number of thioether (sulfide) groups is 1. The molecule has 1 aromatic heterocycles. The highest BCUT2D eigenvalue weighted by atomic mass is 32.2. The number of rotatable bonds is 4. The van der Waals surface area contributed by atoms with Gasteiger partial charge < -0.3 is 5.73 Å². The Hall–Kier alpha value is -0.580. The van der Waals surface area contributed by atoms with E-state index in [1.54, 1.807) is 0 Å². The minimum atomic E-state index is 0.572. The van der Waals surface area contributed by atoms with Crippen molar-refractivity contribution in [1.82, 2.24) is 9.88 Å². The van der Waals surface area contributed by atoms with Gasteiger partial charge in [0, 0.05) is 31.1 Å². The summed E-state index contributed by atoms with van der Waals surface area (Å²) in [6, 6.07) is 4.88. The van der Waals surface area contributed by atoms with Crippen LogP contribution in [-0.2, 0) is 13.1 Å². The van der Waals surface area contributed by atoms with Crippen LogP contribution in [-0.4, -0.2) is 34.5 Å². The van der Waals surface area contributed by atoms with Gasteiger partial charge in [0.05, 0.1) is 5.69 Å². The van der Waals surface area contributed by atoms with Gasteiger partial charge in [-0.2, -0.15) is 11.8 Å². The molecule has 3 nitrogen and oxygen atoms in total. The van der Waals surface area contributed by atoms with Crippen molar-refractivity contribution in [3.8, 4) is 0 Å². The Morgan fingerprint density at radius 3 is 3.00 bits per heavy atom. The van der Waals surface area contributed by atoms with Crippen molar-refractivity contribution in [3.05, 3.63) is 29.6 Å². The van der Waals surface area contributed by atoms with Crippen molar-refractivity contribution in [2.24, 2.45) is 5.73 Å². The molecule has 0 radical (unpaired) electrons. The molecule has 88 valence electrons. The molecule has 0 saturated carbocycles. The summed E-state index contributed by atoms with van der Waals surface area (Å²) >= 11 is 2.05. The first-order valence-electron chi connectivity index (χ1n) is 5.71. The first kappa shape index (κ1) is 11.9. The molecule has 0 spiro atoms. The standard InChI is InChI=1S/C12H19N3S/c1-15(12-4-5-16-9-12)8-11-3-2-10(6-13)7-14-11/h2-3,7,12H,4-6,8-9,13H2,1H3. The van der Waals surface area contributed by atoms with Gasteiger partial charge in [0.1, 0.15) is 0 Å². The van der Waals surface area contributed by atoms with Gasteiger partial charge >= 0.3 is 0 Å². The van der Waals surface area contributed by atoms with Crippen LogP contribution in [0.5, 0.6) is 0 Å². The van der Waals surface area contributed by atoms with Crippen molar-refractivity contribution >= 4 is 11.8 Å². The van der Waals surface area contributed by atoms with Gasteiger partial charge in [0.2, 0.25) is 0 Å². The Balaban J connectivity index is 1.92. The molecule has 2 N–H and O–H groups in total. The Labute approximate surface area is 101 Å². The van der Waals surface area contributed by atoms with Crippen molar-refractivity contribution in [1.29, 1.82) is 0 Å². The normalized spacial score (nSPS) is 20.6. The Bertz CT molecular complexity index is 320. The van der Waals surface area contributed by atoms with E-state index >= 15 is 0 Å². The quantitative estimate of drug-likeness (QED) is 0.861. The second-order valence-electron chi connectivity index (χ2n) is 4.29. The van der Waals surface area contributed by atoms with E-state index in [2.05, 4.69) is 29.1 Å². The Morgan fingerprint density at radius 1 is 1.56 bits per heavy atom. The highest BCUT2D eigenvalue weighted by Crippen LogP contribution is 2.22. The molecule has 0 aliphatic carbocycles. The van der Waals surface area contributed by atoms with Gasteiger partial charge in [0.25, 0.3) is 0 Å². The van der Waals surface area contributed by atoms with Gasteiger partial charge in [-0.3, -0.25) is 9.88 Å².